The number of aryl methyl sites for hydroxylation is 1. The first kappa shape index (κ1) is 19.9. The highest BCUT2D eigenvalue weighted by Gasteiger charge is 2.34. The topological polar surface area (TPSA) is 58.8 Å². The summed E-state index contributed by atoms with van der Waals surface area (Å²) in [6.45, 7) is 7.58. The van der Waals surface area contributed by atoms with Gasteiger partial charge in [-0.2, -0.15) is 0 Å². The number of piperazine rings is 1. The van der Waals surface area contributed by atoms with Gasteiger partial charge >= 0.3 is 0 Å². The normalized spacial score (nSPS) is 20.1. The molecule has 2 aromatic rings. The van der Waals surface area contributed by atoms with Crippen molar-refractivity contribution < 1.29 is 13.9 Å². The molecule has 0 unspecified atom stereocenters. The molecule has 0 aliphatic carbocycles. The van der Waals surface area contributed by atoms with Crippen molar-refractivity contribution in [3.63, 3.8) is 0 Å². The zero-order valence-corrected chi connectivity index (χ0v) is 16.5. The van der Waals surface area contributed by atoms with Gasteiger partial charge in [0.25, 0.3) is 0 Å². The zero-order chi connectivity index (χ0) is 20.3. The van der Waals surface area contributed by atoms with E-state index >= 15 is 0 Å². The summed E-state index contributed by atoms with van der Waals surface area (Å²) >= 11 is 0. The number of hydrogen-bond donors (Lipinski definition) is 1. The van der Waals surface area contributed by atoms with Crippen molar-refractivity contribution in [2.75, 3.05) is 19.0 Å². The van der Waals surface area contributed by atoms with Crippen molar-refractivity contribution in [3.8, 4) is 5.75 Å². The lowest BCUT2D eigenvalue weighted by atomic mass is 10.0. The first-order chi connectivity index (χ1) is 13.4. The molecular formula is C22H26FN3O2. The molecule has 3 rings (SSSR count). The van der Waals surface area contributed by atoms with Gasteiger partial charge in [-0.15, -0.1) is 0 Å². The number of ether oxygens (including phenoxy) is 1. The summed E-state index contributed by atoms with van der Waals surface area (Å²) in [4.78, 5) is 15.8. The third kappa shape index (κ3) is 4.35. The van der Waals surface area contributed by atoms with E-state index < -0.39 is 0 Å². The summed E-state index contributed by atoms with van der Waals surface area (Å²) in [6, 6.07) is 12.0. The van der Waals surface area contributed by atoms with Gasteiger partial charge in [0, 0.05) is 19.1 Å². The molecule has 1 fully saturated rings. The van der Waals surface area contributed by atoms with Crippen LogP contribution in [0.25, 0.3) is 0 Å². The minimum absolute atomic E-state index is 0.0802. The largest absolute Gasteiger partial charge is 0.476 e. The Balaban J connectivity index is 1.70. The molecular weight excluding hydrogens is 357 g/mol. The molecule has 0 spiro atoms. The Labute approximate surface area is 165 Å². The van der Waals surface area contributed by atoms with Gasteiger partial charge in [0.15, 0.2) is 0 Å². The molecule has 0 bridgehead atoms. The van der Waals surface area contributed by atoms with Crippen LogP contribution in [0.3, 0.4) is 0 Å². The molecule has 1 aliphatic rings. The van der Waals surface area contributed by atoms with Crippen LogP contribution >= 0.6 is 0 Å². The molecule has 6 heteroatoms. The lowest BCUT2D eigenvalue weighted by molar-refractivity contribution is 0.0288. The van der Waals surface area contributed by atoms with Crippen molar-refractivity contribution in [2.45, 2.75) is 39.4 Å². The summed E-state index contributed by atoms with van der Waals surface area (Å²) in [6.07, 6.45) is 0. The van der Waals surface area contributed by atoms with Crippen molar-refractivity contribution in [3.05, 3.63) is 65.1 Å². The highest BCUT2D eigenvalue weighted by atomic mass is 19.1. The van der Waals surface area contributed by atoms with Gasteiger partial charge in [0.05, 0.1) is 11.7 Å². The minimum atomic E-state index is -0.270. The third-order valence-corrected chi connectivity index (χ3v) is 5.21. The molecule has 1 heterocycles. The molecule has 148 valence electrons. The summed E-state index contributed by atoms with van der Waals surface area (Å²) in [5.74, 6) is 2.47. The number of carbonyl (C=O) groups excluding carboxylic acids is 1. The monoisotopic (exact) mass is 383 g/mol. The maximum Gasteiger partial charge on any atom is 0.147 e. The van der Waals surface area contributed by atoms with Gasteiger partial charge in [-0.1, -0.05) is 18.2 Å². The van der Waals surface area contributed by atoms with Crippen LogP contribution < -0.4 is 10.5 Å². The number of rotatable bonds is 5. The molecule has 2 N–H and O–H groups in total. The van der Waals surface area contributed by atoms with E-state index in [1.54, 1.807) is 12.1 Å². The highest BCUT2D eigenvalue weighted by molar-refractivity contribution is 5.55. The smallest absolute Gasteiger partial charge is 0.147 e. The summed E-state index contributed by atoms with van der Waals surface area (Å²) in [5.41, 5.74) is 9.22. The van der Waals surface area contributed by atoms with E-state index in [0.717, 1.165) is 17.7 Å². The maximum absolute atomic E-state index is 13.2. The van der Waals surface area contributed by atoms with Gasteiger partial charge < -0.3 is 15.4 Å². The Morgan fingerprint density at radius 3 is 2.57 bits per heavy atom. The van der Waals surface area contributed by atoms with Gasteiger partial charge in [0.2, 0.25) is 0 Å². The average molecular weight is 383 g/mol. The van der Waals surface area contributed by atoms with E-state index in [1.807, 2.05) is 36.9 Å². The van der Waals surface area contributed by atoms with Crippen LogP contribution in [-0.4, -0.2) is 41.1 Å². The van der Waals surface area contributed by atoms with E-state index in [9.17, 15) is 9.18 Å². The van der Waals surface area contributed by atoms with Crippen LogP contribution in [0.4, 0.5) is 10.1 Å². The summed E-state index contributed by atoms with van der Waals surface area (Å²) in [5, 5.41) is 0. The summed E-state index contributed by atoms with van der Waals surface area (Å²) in [7, 11) is 0. The number of nitrogens with zero attached hydrogens (tertiary/aromatic N) is 2. The van der Waals surface area contributed by atoms with Crippen LogP contribution in [0.5, 0.6) is 5.75 Å². The number of anilines is 1. The average Bonchev–Trinajstić information content (AvgIpc) is 2.66. The van der Waals surface area contributed by atoms with Gasteiger partial charge in [-0.3, -0.25) is 4.90 Å². The van der Waals surface area contributed by atoms with Crippen molar-refractivity contribution in [1.82, 2.24) is 9.80 Å². The van der Waals surface area contributed by atoms with Crippen LogP contribution in [0.2, 0.25) is 0 Å². The fourth-order valence-corrected chi connectivity index (χ4v) is 3.53. The van der Waals surface area contributed by atoms with E-state index in [2.05, 4.69) is 17.8 Å². The van der Waals surface area contributed by atoms with Crippen molar-refractivity contribution >= 4 is 11.6 Å². The molecule has 0 amide bonds. The van der Waals surface area contributed by atoms with E-state index in [1.165, 1.54) is 12.1 Å². The third-order valence-electron chi connectivity index (χ3n) is 5.21. The number of nitrogens with two attached hydrogens (primary N) is 1. The van der Waals surface area contributed by atoms with E-state index in [-0.39, 0.29) is 17.9 Å². The Morgan fingerprint density at radius 1 is 1.21 bits per heavy atom. The highest BCUT2D eigenvalue weighted by Crippen LogP contribution is 2.27. The van der Waals surface area contributed by atoms with Crippen molar-refractivity contribution in [1.29, 1.82) is 0 Å². The standard InChI is InChI=1S/C22H26FN3O2/c1-15-4-9-22(20(24)10-15)28-14-25-11-16(2)26(21(13-27)17(25)3)12-18-5-7-19(23)8-6-18/h4-10,16-17H,11-12,14,24H2,1-3H3/t16-,17+/m1/s1. The van der Waals surface area contributed by atoms with Crippen LogP contribution in [0.15, 0.2) is 48.2 Å². The Kier molecular flexibility index (Phi) is 6.02. The van der Waals surface area contributed by atoms with Gasteiger partial charge in [-0.05, 0) is 56.2 Å². The minimum Gasteiger partial charge on any atom is -0.476 e. The summed E-state index contributed by atoms with van der Waals surface area (Å²) < 4.78 is 19.1. The van der Waals surface area contributed by atoms with Crippen LogP contribution in [-0.2, 0) is 11.3 Å². The first-order valence-electron chi connectivity index (χ1n) is 9.38. The zero-order valence-electron chi connectivity index (χ0n) is 16.5. The SMILES string of the molecule is Cc1ccc(OCN2C[C@@H](C)N(Cc3ccc(F)cc3)C(=C=O)[C@@H]2C)c(N)c1. The van der Waals surface area contributed by atoms with E-state index in [4.69, 9.17) is 10.5 Å². The molecule has 5 nitrogen and oxygen atoms in total. The number of nitrogen functional groups attached to an aromatic ring is 1. The Bertz CT molecular complexity index is 878. The second kappa shape index (κ2) is 8.46. The fourth-order valence-electron chi connectivity index (χ4n) is 3.53. The van der Waals surface area contributed by atoms with Crippen LogP contribution in [0.1, 0.15) is 25.0 Å². The fraction of sp³-hybridized carbons (Fsp3) is 0.364. The number of benzene rings is 2. The molecule has 0 aromatic heterocycles. The molecule has 1 saturated heterocycles. The lowest BCUT2D eigenvalue weighted by Gasteiger charge is -2.45. The Morgan fingerprint density at radius 2 is 1.93 bits per heavy atom. The molecule has 1 aliphatic heterocycles. The molecule has 2 atom stereocenters. The second-order valence-corrected chi connectivity index (χ2v) is 7.35. The molecule has 0 saturated carbocycles. The van der Waals surface area contributed by atoms with Crippen molar-refractivity contribution in [2.24, 2.45) is 0 Å². The van der Waals surface area contributed by atoms with Crippen LogP contribution in [0, 0.1) is 12.7 Å². The predicted molar refractivity (Wildman–Crippen MR) is 108 cm³/mol. The van der Waals surface area contributed by atoms with E-state index in [0.29, 0.717) is 30.4 Å². The Hall–Kier alpha value is -2.82. The number of hydrogen-bond acceptors (Lipinski definition) is 5. The second-order valence-electron chi connectivity index (χ2n) is 7.35. The first-order valence-corrected chi connectivity index (χ1v) is 9.38. The predicted octanol–water partition coefficient (Wildman–Crippen LogP) is 3.36. The number of halogens is 1. The molecule has 0 radical (unpaired) electrons. The molecule has 2 aromatic carbocycles. The quantitative estimate of drug-likeness (QED) is 0.634. The lowest BCUT2D eigenvalue weighted by Crippen LogP contribution is -2.55. The van der Waals surface area contributed by atoms with Gasteiger partial charge in [0.1, 0.15) is 29.9 Å². The maximum atomic E-state index is 13.2. The van der Waals surface area contributed by atoms with Gasteiger partial charge in [-0.25, -0.2) is 9.18 Å². The molecule has 28 heavy (non-hydrogen) atoms.